The number of rotatable bonds is 5. The quantitative estimate of drug-likeness (QED) is 0.161. The lowest BCUT2D eigenvalue weighted by atomic mass is 9.35. The van der Waals surface area contributed by atoms with Gasteiger partial charge >= 0.3 is 0 Å². The molecule has 0 radical (unpaired) electrons. The lowest BCUT2D eigenvalue weighted by Gasteiger charge is -2.43. The molecule has 0 amide bonds. The van der Waals surface area contributed by atoms with Gasteiger partial charge in [-0.2, -0.15) is 0 Å². The van der Waals surface area contributed by atoms with Gasteiger partial charge in [0.25, 0.3) is 6.71 Å². The molecule has 0 atom stereocenters. The highest BCUT2D eigenvalue weighted by atomic mass is 16.3. The molecule has 0 saturated heterocycles. The molecule has 12 rings (SSSR count). The zero-order chi connectivity index (χ0) is 45.2. The lowest BCUT2D eigenvalue weighted by Crippen LogP contribution is -2.61. The summed E-state index contributed by atoms with van der Waals surface area (Å²) in [6.07, 6.45) is 4.28. The van der Waals surface area contributed by atoms with E-state index in [1.54, 1.807) is 0 Å². The first-order valence-corrected chi connectivity index (χ1v) is 23.8. The summed E-state index contributed by atoms with van der Waals surface area (Å²) in [5, 5.41) is 2.24. The smallest absolute Gasteiger partial charge is 0.297 e. The van der Waals surface area contributed by atoms with E-state index in [4.69, 9.17) is 8.83 Å². The molecule has 0 saturated carbocycles. The summed E-state index contributed by atoms with van der Waals surface area (Å²) in [7, 11) is 0. The van der Waals surface area contributed by atoms with E-state index in [0.717, 1.165) is 104 Å². The summed E-state index contributed by atoms with van der Waals surface area (Å²) in [5.41, 5.74) is 21.8. The van der Waals surface area contributed by atoms with E-state index in [-0.39, 0.29) is 17.5 Å². The minimum absolute atomic E-state index is 0.0324. The molecule has 5 nitrogen and oxygen atoms in total. The largest absolute Gasteiger partial charge is 0.473 e. The summed E-state index contributed by atoms with van der Waals surface area (Å²) < 4.78 is 14.3. The highest BCUT2D eigenvalue weighted by molar-refractivity contribution is 6.99. The fourth-order valence-electron chi connectivity index (χ4n) is 11.1. The van der Waals surface area contributed by atoms with Crippen LogP contribution in [0, 0.1) is 13.8 Å². The third-order valence-electron chi connectivity index (χ3n) is 14.5. The summed E-state index contributed by atoms with van der Waals surface area (Å²) in [5.74, 6) is 1.14. The van der Waals surface area contributed by atoms with Crippen LogP contribution in [-0.4, -0.2) is 6.71 Å². The minimum Gasteiger partial charge on any atom is -0.473 e. The van der Waals surface area contributed by atoms with Gasteiger partial charge in [0.1, 0.15) is 11.3 Å². The van der Waals surface area contributed by atoms with Crippen LogP contribution in [0.3, 0.4) is 0 Å². The van der Waals surface area contributed by atoms with Crippen molar-refractivity contribution in [3.63, 3.8) is 0 Å². The van der Waals surface area contributed by atoms with Gasteiger partial charge in [0.15, 0.2) is 5.58 Å². The van der Waals surface area contributed by atoms with E-state index < -0.39 is 0 Å². The molecule has 6 heteroatoms. The number of fused-ring (bicyclic) bond motifs is 9. The SMILES string of the molecule is Cc1cc2c3c(c1)N(c1cccc4c1oc1c(C)cccc14)c1cc(N(c4ccc(C(C)(C)C)cc4)c4ccc(C(C)(C)C)cc4)ccc1B3c1oc3c(c1N2c1ccccc1)CCCC3. The number of hydrogen-bond donors (Lipinski definition) is 0. The Labute approximate surface area is 389 Å². The van der Waals surface area contributed by atoms with Crippen LogP contribution in [0.1, 0.15) is 88.0 Å². The molecule has 2 aromatic heterocycles. The Morgan fingerprint density at radius 2 is 1.14 bits per heavy atom. The Balaban J connectivity index is 1.15. The molecule has 0 spiro atoms. The van der Waals surface area contributed by atoms with Crippen LogP contribution in [0.4, 0.5) is 51.2 Å². The van der Waals surface area contributed by atoms with Gasteiger partial charge < -0.3 is 23.5 Å². The molecule has 7 aromatic carbocycles. The molecule has 66 heavy (non-hydrogen) atoms. The lowest BCUT2D eigenvalue weighted by molar-refractivity contribution is 0.497. The number of aryl methyl sites for hydroxylation is 3. The molecular formula is C60H56BN3O2. The van der Waals surface area contributed by atoms with Gasteiger partial charge in [-0.1, -0.05) is 120 Å². The average Bonchev–Trinajstić information content (AvgIpc) is 3.89. The van der Waals surface area contributed by atoms with Gasteiger partial charge in [-0.3, -0.25) is 0 Å². The number of nitrogens with zero attached hydrogens (tertiary/aromatic N) is 3. The van der Waals surface area contributed by atoms with Crippen LogP contribution >= 0.6 is 0 Å². The first-order valence-electron chi connectivity index (χ1n) is 23.8. The molecule has 1 aliphatic carbocycles. The maximum atomic E-state index is 7.29. The Hall–Kier alpha value is -6.92. The van der Waals surface area contributed by atoms with E-state index in [1.165, 1.54) is 44.6 Å². The van der Waals surface area contributed by atoms with E-state index in [9.17, 15) is 0 Å². The van der Waals surface area contributed by atoms with Crippen molar-refractivity contribution in [2.24, 2.45) is 0 Å². The van der Waals surface area contributed by atoms with Crippen LogP contribution in [0.2, 0.25) is 0 Å². The third kappa shape index (κ3) is 6.28. The Morgan fingerprint density at radius 3 is 1.80 bits per heavy atom. The fourth-order valence-corrected chi connectivity index (χ4v) is 11.1. The normalized spacial score (nSPS) is 14.3. The number of anilines is 9. The van der Waals surface area contributed by atoms with Gasteiger partial charge in [-0.05, 0) is 144 Å². The Morgan fingerprint density at radius 1 is 0.530 bits per heavy atom. The topological polar surface area (TPSA) is 36.0 Å². The van der Waals surface area contributed by atoms with Crippen molar-refractivity contribution < 1.29 is 8.83 Å². The molecule has 9 aromatic rings. The summed E-state index contributed by atoms with van der Waals surface area (Å²) in [6, 6.07) is 54.3. The molecule has 2 aliphatic heterocycles. The highest BCUT2D eigenvalue weighted by Gasteiger charge is 2.48. The van der Waals surface area contributed by atoms with Gasteiger partial charge in [0.05, 0.1) is 17.0 Å². The summed E-state index contributed by atoms with van der Waals surface area (Å²) >= 11 is 0. The maximum absolute atomic E-state index is 7.29. The molecule has 326 valence electrons. The van der Waals surface area contributed by atoms with E-state index in [1.807, 2.05) is 0 Å². The van der Waals surface area contributed by atoms with Gasteiger partial charge in [-0.15, -0.1) is 0 Å². The number of para-hydroxylation sites is 3. The molecule has 0 N–H and O–H groups in total. The van der Waals surface area contributed by atoms with Crippen LogP contribution in [0.15, 0.2) is 154 Å². The van der Waals surface area contributed by atoms with Crippen molar-refractivity contribution in [2.75, 3.05) is 14.7 Å². The highest BCUT2D eigenvalue weighted by Crippen LogP contribution is 2.50. The molecule has 4 heterocycles. The summed E-state index contributed by atoms with van der Waals surface area (Å²) in [4.78, 5) is 7.44. The van der Waals surface area contributed by atoms with Crippen molar-refractivity contribution in [3.05, 3.63) is 179 Å². The van der Waals surface area contributed by atoms with Crippen LogP contribution in [0.5, 0.6) is 0 Å². The molecule has 3 aliphatic rings. The zero-order valence-electron chi connectivity index (χ0n) is 39.4. The van der Waals surface area contributed by atoms with Crippen molar-refractivity contribution in [3.8, 4) is 0 Å². The van der Waals surface area contributed by atoms with Gasteiger partial charge in [-0.25, -0.2) is 0 Å². The second-order valence-electron chi connectivity index (χ2n) is 21.0. The number of hydrogen-bond acceptors (Lipinski definition) is 5. The van der Waals surface area contributed by atoms with Crippen molar-refractivity contribution in [1.29, 1.82) is 0 Å². The summed E-state index contributed by atoms with van der Waals surface area (Å²) in [6.45, 7) is 17.9. The maximum Gasteiger partial charge on any atom is 0.297 e. The minimum atomic E-state index is -0.126. The van der Waals surface area contributed by atoms with Crippen LogP contribution in [-0.2, 0) is 23.7 Å². The first-order chi connectivity index (χ1) is 31.8. The Bertz CT molecular complexity index is 3310. The monoisotopic (exact) mass is 861 g/mol. The van der Waals surface area contributed by atoms with E-state index >= 15 is 0 Å². The molecule has 0 unspecified atom stereocenters. The van der Waals surface area contributed by atoms with Crippen molar-refractivity contribution in [1.82, 2.24) is 0 Å². The standard InChI is InChI=1S/C60H56BN3O2/c1-37-34-51-54-52(35-37)64(49-22-15-21-46-45-20-14-16-38(2)56(45)66-57(46)49)50-36-44(62(42-28-24-39(25-29-42)59(3,4)5)43-30-26-40(27-31-43)60(6,7)8)32-33-48(50)61(54)58-55(47-19-12-13-23-53(47)65-58)63(51)41-17-10-9-11-18-41/h9-11,14-18,20-22,24-36H,12-13,19,23H2,1-8H3. The predicted molar refractivity (Wildman–Crippen MR) is 278 cm³/mol. The number of furan rings is 2. The van der Waals surface area contributed by atoms with E-state index in [0.29, 0.717) is 0 Å². The van der Waals surface area contributed by atoms with Crippen molar-refractivity contribution >= 4 is 96.4 Å². The van der Waals surface area contributed by atoms with Crippen LogP contribution < -0.4 is 31.3 Å². The first kappa shape index (κ1) is 40.6. The molecule has 0 fully saturated rings. The van der Waals surface area contributed by atoms with Gasteiger partial charge in [0.2, 0.25) is 0 Å². The second kappa shape index (κ2) is 14.8. The Kier molecular flexibility index (Phi) is 9.10. The van der Waals surface area contributed by atoms with E-state index in [2.05, 4.69) is 216 Å². The fraction of sp³-hybridized carbons (Fsp3) is 0.233. The molecular weight excluding hydrogens is 805 g/mol. The predicted octanol–water partition coefficient (Wildman–Crippen LogP) is 14.8. The second-order valence-corrected chi connectivity index (χ2v) is 21.0. The average molecular weight is 862 g/mol. The van der Waals surface area contributed by atoms with Crippen LogP contribution in [0.25, 0.3) is 21.9 Å². The van der Waals surface area contributed by atoms with Gasteiger partial charge in [0, 0.05) is 62.6 Å². The third-order valence-corrected chi connectivity index (χ3v) is 14.5. The zero-order valence-corrected chi connectivity index (χ0v) is 39.4. The molecule has 0 bridgehead atoms. The van der Waals surface area contributed by atoms with Crippen molar-refractivity contribution in [2.45, 2.75) is 91.9 Å². The number of benzene rings is 7.